The first-order valence-corrected chi connectivity index (χ1v) is 23.8. The minimum absolute atomic E-state index is 0.181. The minimum atomic E-state index is -2.81. The van der Waals surface area contributed by atoms with Gasteiger partial charge in [0.2, 0.25) is 5.62 Å². The molecule has 0 fully saturated rings. The molecule has 4 rings (SSSR count). The number of esters is 2. The fraction of sp³-hybridized carbons (Fsp3) is 0.294. The van der Waals surface area contributed by atoms with Crippen LogP contribution in [0.3, 0.4) is 0 Å². The van der Waals surface area contributed by atoms with Gasteiger partial charge in [0.1, 0.15) is 33.2 Å². The number of nitrogens with one attached hydrogen (secondary N) is 3. The predicted octanol–water partition coefficient (Wildman–Crippen LogP) is 9.61. The lowest BCUT2D eigenvalue weighted by Crippen LogP contribution is -2.35. The Morgan fingerprint density at radius 1 is 0.725 bits per heavy atom. The van der Waals surface area contributed by atoms with Gasteiger partial charge in [-0.2, -0.15) is 0 Å². The van der Waals surface area contributed by atoms with Gasteiger partial charge in [-0.05, 0) is 136 Å². The van der Waals surface area contributed by atoms with Gasteiger partial charge < -0.3 is 23.5 Å². The van der Waals surface area contributed by atoms with Crippen LogP contribution in [0.5, 0.6) is 11.5 Å². The number of halogens is 1. The molecule has 0 spiro atoms. The molecule has 2 unspecified atom stereocenters. The van der Waals surface area contributed by atoms with E-state index in [0.29, 0.717) is 11.5 Å². The van der Waals surface area contributed by atoms with Gasteiger partial charge >= 0.3 is 11.9 Å². The Morgan fingerprint density at radius 3 is 1.65 bits per heavy atom. The van der Waals surface area contributed by atoms with Gasteiger partial charge in [-0.1, -0.05) is 60.7 Å². The molecule has 0 radical (unpaired) electrons. The van der Waals surface area contributed by atoms with Crippen molar-refractivity contribution in [2.24, 2.45) is 0 Å². The Hall–Kier alpha value is -2.64. The van der Waals surface area contributed by atoms with Crippen molar-refractivity contribution < 1.29 is 28.1 Å². The van der Waals surface area contributed by atoms with Crippen LogP contribution in [0, 0.1) is 4.64 Å². The smallest absolute Gasteiger partial charge is 0.323 e. The van der Waals surface area contributed by atoms with E-state index in [2.05, 4.69) is 20.1 Å². The summed E-state index contributed by atoms with van der Waals surface area (Å²) < 4.78 is 22.7. The number of aromatic amines is 1. The average molecular weight is 829 g/mol. The van der Waals surface area contributed by atoms with Crippen LogP contribution in [0.4, 0.5) is 0 Å². The molecule has 51 heavy (non-hydrogen) atoms. The van der Waals surface area contributed by atoms with E-state index >= 15 is 0 Å². The van der Waals surface area contributed by atoms with Crippen LogP contribution in [0.2, 0.25) is 0 Å². The fourth-order valence-electron chi connectivity index (χ4n) is 3.48. The molecular formula is C34H43ClN4O6P2S4. The van der Waals surface area contributed by atoms with Crippen molar-refractivity contribution >= 4 is 81.8 Å². The monoisotopic (exact) mass is 828 g/mol. The van der Waals surface area contributed by atoms with Crippen LogP contribution >= 0.6 is 46.2 Å². The lowest BCUT2D eigenvalue weighted by molar-refractivity contribution is -0.149. The number of benzene rings is 2. The van der Waals surface area contributed by atoms with Crippen LogP contribution in [0.1, 0.15) is 41.5 Å². The highest BCUT2D eigenvalue weighted by Crippen LogP contribution is 2.59. The second-order valence-corrected chi connectivity index (χ2v) is 22.7. The highest BCUT2D eigenvalue weighted by Gasteiger charge is 2.29. The average Bonchev–Trinajstić information content (AvgIpc) is 3.06. The van der Waals surface area contributed by atoms with Crippen molar-refractivity contribution in [3.05, 3.63) is 114 Å². The van der Waals surface area contributed by atoms with Crippen molar-refractivity contribution in [2.45, 2.75) is 70.9 Å². The molecule has 0 amide bonds. The maximum Gasteiger partial charge on any atom is 0.323 e. The summed E-state index contributed by atoms with van der Waals surface area (Å²) in [5.74, 6) is -2.36. The van der Waals surface area contributed by atoms with Gasteiger partial charge in [0.15, 0.2) is 0 Å². The Morgan fingerprint density at radius 2 is 1.22 bits per heavy atom. The first-order chi connectivity index (χ1) is 24.1. The fourth-order valence-corrected chi connectivity index (χ4v) is 11.1. The number of hydrogen-bond acceptors (Lipinski definition) is 11. The number of H-pyrrole nitrogens is 1. The standard InChI is InChI=1S/C17H21N2O3PS2.C12H17ClNO3PS.C5H5NS/c1-13(2)21-17(20)14(3)19-23(24,22-15-9-5-4-6-10-15)25-16-11-7-8-12-18-16;1-9(2)16-12(15)10(3)14-18(13,19)17-11-7-5-4-6-8-11;7-5-3-1-2-4-6-5/h4-14H,1-3H3,(H,19,24);4-10H,1-3H3,(H,14,19);1-4H,(H,6,7)/t14-,23?;10-,18?;/m00./s1. The Kier molecular flexibility index (Phi) is 20.2. The van der Waals surface area contributed by atoms with E-state index in [1.165, 1.54) is 11.4 Å². The van der Waals surface area contributed by atoms with Crippen molar-refractivity contribution in [3.63, 3.8) is 0 Å². The predicted molar refractivity (Wildman–Crippen MR) is 218 cm³/mol. The highest BCUT2D eigenvalue weighted by molar-refractivity contribution is 8.68. The third kappa shape index (κ3) is 19.7. The van der Waals surface area contributed by atoms with Crippen LogP contribution in [0.15, 0.2) is 114 Å². The highest BCUT2D eigenvalue weighted by atomic mass is 35.7. The second-order valence-electron chi connectivity index (χ2n) is 10.9. The zero-order valence-electron chi connectivity index (χ0n) is 29.0. The lowest BCUT2D eigenvalue weighted by atomic mass is 10.3. The molecule has 0 aliphatic heterocycles. The van der Waals surface area contributed by atoms with Gasteiger partial charge in [-0.3, -0.25) is 9.59 Å². The zero-order valence-corrected chi connectivity index (χ0v) is 34.8. The molecular weight excluding hydrogens is 786 g/mol. The van der Waals surface area contributed by atoms with Crippen LogP contribution in [0.25, 0.3) is 0 Å². The molecule has 2 aromatic heterocycles. The van der Waals surface area contributed by atoms with Crippen LogP contribution in [-0.2, 0) is 42.7 Å². The normalized spacial score (nSPS) is 14.1. The largest absolute Gasteiger partial charge is 0.462 e. The summed E-state index contributed by atoms with van der Waals surface area (Å²) >= 11 is 23.1. The van der Waals surface area contributed by atoms with Gasteiger partial charge in [0.25, 0.3) is 5.77 Å². The van der Waals surface area contributed by atoms with Gasteiger partial charge in [-0.15, -0.1) is 0 Å². The molecule has 0 saturated carbocycles. The molecule has 4 atom stereocenters. The molecule has 0 aliphatic carbocycles. The molecule has 2 aromatic carbocycles. The summed E-state index contributed by atoms with van der Waals surface area (Å²) in [6.07, 6.45) is 3.14. The molecule has 276 valence electrons. The van der Waals surface area contributed by atoms with Gasteiger partial charge in [-0.25, -0.2) is 15.2 Å². The quantitative estimate of drug-likeness (QED) is 0.0636. The Bertz CT molecular complexity index is 1710. The number of aromatic nitrogens is 2. The van der Waals surface area contributed by atoms with Crippen LogP contribution in [-0.4, -0.2) is 46.2 Å². The SMILES string of the molecule is CC(C)OC(=O)[C@H](C)NP(=S)(Cl)Oc1ccccc1.CC(C)OC(=O)[C@H](C)NP(=S)(Oc1ccccc1)Sc1ccccn1.S=c1cccc[nH]1. The number of hydrogen-bond donors (Lipinski definition) is 3. The van der Waals surface area contributed by atoms with Crippen molar-refractivity contribution in [2.75, 3.05) is 0 Å². The minimum Gasteiger partial charge on any atom is -0.462 e. The van der Waals surface area contributed by atoms with E-state index in [4.69, 9.17) is 65.6 Å². The molecule has 10 nitrogen and oxygen atoms in total. The summed E-state index contributed by atoms with van der Waals surface area (Å²) in [6, 6.07) is 28.3. The van der Waals surface area contributed by atoms with E-state index in [-0.39, 0.29) is 18.2 Å². The van der Waals surface area contributed by atoms with E-state index in [9.17, 15) is 9.59 Å². The number of ether oxygens (including phenoxy) is 2. The first-order valence-electron chi connectivity index (χ1n) is 15.7. The second kappa shape index (κ2) is 23.1. The maximum atomic E-state index is 12.1. The van der Waals surface area contributed by atoms with E-state index in [1.54, 1.807) is 46.0 Å². The zero-order chi connectivity index (χ0) is 37.9. The summed E-state index contributed by atoms with van der Waals surface area (Å²) in [6.45, 7) is 10.5. The molecule has 17 heteroatoms. The Labute approximate surface area is 324 Å². The van der Waals surface area contributed by atoms with E-state index in [1.807, 2.05) is 105 Å². The molecule has 0 aliphatic rings. The topological polar surface area (TPSA) is 124 Å². The molecule has 3 N–H and O–H groups in total. The van der Waals surface area contributed by atoms with Crippen molar-refractivity contribution in [1.82, 2.24) is 20.1 Å². The van der Waals surface area contributed by atoms with Crippen molar-refractivity contribution in [3.8, 4) is 11.5 Å². The number of nitrogens with zero attached hydrogens (tertiary/aromatic N) is 1. The summed E-state index contributed by atoms with van der Waals surface area (Å²) in [4.78, 5) is 30.9. The van der Waals surface area contributed by atoms with E-state index in [0.717, 1.165) is 9.67 Å². The number of rotatable bonds is 14. The third-order valence-electron chi connectivity index (χ3n) is 5.58. The summed E-state index contributed by atoms with van der Waals surface area (Å²) in [7, 11) is 0. The molecule has 2 heterocycles. The molecule has 4 aromatic rings. The van der Waals surface area contributed by atoms with Gasteiger partial charge in [0.05, 0.1) is 12.2 Å². The number of carbonyl (C=O) groups is 2. The first kappa shape index (κ1) is 44.5. The summed E-state index contributed by atoms with van der Waals surface area (Å²) in [5, 5.41) is 6.69. The van der Waals surface area contributed by atoms with Gasteiger partial charge in [0, 0.05) is 12.4 Å². The number of pyridine rings is 2. The number of carbonyl (C=O) groups excluding carboxylic acids is 2. The van der Waals surface area contributed by atoms with Crippen molar-refractivity contribution in [1.29, 1.82) is 0 Å². The summed E-state index contributed by atoms with van der Waals surface area (Å²) in [5.41, 5.74) is -2.68. The third-order valence-corrected chi connectivity index (χ3v) is 12.9. The lowest BCUT2D eigenvalue weighted by Gasteiger charge is -2.26. The molecule has 0 bridgehead atoms. The van der Waals surface area contributed by atoms with Crippen LogP contribution < -0.4 is 19.2 Å². The maximum absolute atomic E-state index is 12.1. The van der Waals surface area contributed by atoms with E-state index < -0.39 is 29.4 Å². The number of para-hydroxylation sites is 2. The molecule has 0 saturated heterocycles. The Balaban J connectivity index is 0.000000304.